The highest BCUT2D eigenvalue weighted by molar-refractivity contribution is 5.97. The van der Waals surface area contributed by atoms with Gasteiger partial charge in [-0.05, 0) is 31.1 Å². The van der Waals surface area contributed by atoms with Crippen LogP contribution >= 0.6 is 0 Å². The van der Waals surface area contributed by atoms with Crippen molar-refractivity contribution in [3.8, 4) is 0 Å². The number of hydrogen-bond donors (Lipinski definition) is 1. The Kier molecular flexibility index (Phi) is 1.14. The molecule has 0 atom stereocenters. The molecule has 0 aromatic carbocycles. The summed E-state index contributed by atoms with van der Waals surface area (Å²) >= 11 is 0. The second-order valence-corrected chi connectivity index (χ2v) is 5.03. The molecule has 3 rings (SSSR count). The fourth-order valence-electron chi connectivity index (χ4n) is 3.09. The van der Waals surface area contributed by atoms with E-state index < -0.39 is 0 Å². The van der Waals surface area contributed by atoms with Crippen LogP contribution in [0.4, 0.5) is 0 Å². The molecule has 1 heterocycles. The smallest absolute Gasteiger partial charge is 0.227 e. The Morgan fingerprint density at radius 1 is 1.15 bits per heavy atom. The lowest BCUT2D eigenvalue weighted by molar-refractivity contribution is -0.150. The molecule has 3 nitrogen and oxygen atoms in total. The van der Waals surface area contributed by atoms with Crippen LogP contribution in [0.3, 0.4) is 0 Å². The van der Waals surface area contributed by atoms with Crippen molar-refractivity contribution in [1.82, 2.24) is 5.32 Å². The van der Waals surface area contributed by atoms with Gasteiger partial charge in [0, 0.05) is 6.42 Å². The van der Waals surface area contributed by atoms with Crippen molar-refractivity contribution in [2.45, 2.75) is 32.1 Å². The minimum Gasteiger partial charge on any atom is -0.349 e. The van der Waals surface area contributed by atoms with Gasteiger partial charge in [-0.3, -0.25) is 9.59 Å². The first-order chi connectivity index (χ1) is 6.14. The van der Waals surface area contributed by atoms with Crippen LogP contribution in [0.2, 0.25) is 0 Å². The molecule has 2 saturated carbocycles. The van der Waals surface area contributed by atoms with Gasteiger partial charge < -0.3 is 5.32 Å². The molecule has 3 heteroatoms. The number of carbonyl (C=O) groups excluding carboxylic acids is 2. The molecule has 1 N–H and O–H groups in total. The first-order valence-electron chi connectivity index (χ1n) is 4.94. The Bertz CT molecular complexity index is 296. The number of ketones is 1. The average molecular weight is 179 g/mol. The summed E-state index contributed by atoms with van der Waals surface area (Å²) in [6.45, 7) is 0.258. The molecule has 2 aliphatic carbocycles. The second kappa shape index (κ2) is 1.97. The lowest BCUT2D eigenvalue weighted by Gasteiger charge is -2.48. The zero-order chi connectivity index (χ0) is 9.10. The molecule has 0 bridgehead atoms. The van der Waals surface area contributed by atoms with Gasteiger partial charge >= 0.3 is 0 Å². The van der Waals surface area contributed by atoms with Crippen LogP contribution in [0, 0.1) is 10.8 Å². The monoisotopic (exact) mass is 179 g/mol. The van der Waals surface area contributed by atoms with Gasteiger partial charge in [-0.15, -0.1) is 0 Å². The highest BCUT2D eigenvalue weighted by Gasteiger charge is 2.65. The van der Waals surface area contributed by atoms with Crippen LogP contribution in [0.5, 0.6) is 0 Å². The summed E-state index contributed by atoms with van der Waals surface area (Å²) in [6.07, 6.45) is 4.99. The third-order valence-electron chi connectivity index (χ3n) is 3.85. The second-order valence-electron chi connectivity index (χ2n) is 5.03. The Morgan fingerprint density at radius 3 is 2.46 bits per heavy atom. The van der Waals surface area contributed by atoms with E-state index >= 15 is 0 Å². The molecule has 0 aromatic heterocycles. The van der Waals surface area contributed by atoms with Gasteiger partial charge in [-0.25, -0.2) is 0 Å². The van der Waals surface area contributed by atoms with Crippen molar-refractivity contribution in [1.29, 1.82) is 0 Å². The lowest BCUT2D eigenvalue weighted by atomic mass is 9.56. The van der Waals surface area contributed by atoms with Gasteiger partial charge in [0.1, 0.15) is 0 Å². The maximum atomic E-state index is 11.6. The summed E-state index contributed by atoms with van der Waals surface area (Å²) in [5.74, 6) is 0.333. The minimum absolute atomic E-state index is 0.129. The Balaban J connectivity index is 1.81. The Labute approximate surface area is 76.9 Å². The van der Waals surface area contributed by atoms with Crippen LogP contribution in [-0.4, -0.2) is 18.2 Å². The van der Waals surface area contributed by atoms with Crippen LogP contribution in [0.25, 0.3) is 0 Å². The van der Waals surface area contributed by atoms with Crippen LogP contribution in [0.15, 0.2) is 0 Å². The summed E-state index contributed by atoms with van der Waals surface area (Å²) < 4.78 is 0. The van der Waals surface area contributed by atoms with E-state index in [0.29, 0.717) is 11.8 Å². The normalized spacial score (nSPS) is 32.9. The Hall–Kier alpha value is -0.860. The van der Waals surface area contributed by atoms with Gasteiger partial charge in [0.25, 0.3) is 0 Å². The third kappa shape index (κ3) is 0.901. The van der Waals surface area contributed by atoms with E-state index in [0.717, 1.165) is 12.8 Å². The minimum atomic E-state index is -0.272. The molecular weight excluding hydrogens is 166 g/mol. The molecule has 3 fully saturated rings. The van der Waals surface area contributed by atoms with Crippen molar-refractivity contribution in [2.24, 2.45) is 10.8 Å². The zero-order valence-electron chi connectivity index (χ0n) is 7.56. The van der Waals surface area contributed by atoms with Crippen LogP contribution in [-0.2, 0) is 9.59 Å². The van der Waals surface area contributed by atoms with E-state index in [4.69, 9.17) is 0 Å². The zero-order valence-corrected chi connectivity index (χ0v) is 7.56. The fraction of sp³-hybridized carbons (Fsp3) is 0.800. The first-order valence-corrected chi connectivity index (χ1v) is 4.94. The summed E-state index contributed by atoms with van der Waals surface area (Å²) in [5, 5.41) is 2.70. The standard InChI is InChI=1S/C10H13NO2/c12-7-3-10(8(13)11-4-7)5-9(6-10)1-2-9/h1-6H2,(H,11,13). The molecule has 1 amide bonds. The van der Waals surface area contributed by atoms with Gasteiger partial charge in [0.2, 0.25) is 5.91 Å². The topological polar surface area (TPSA) is 46.2 Å². The summed E-state index contributed by atoms with van der Waals surface area (Å²) in [7, 11) is 0. The maximum absolute atomic E-state index is 11.6. The maximum Gasteiger partial charge on any atom is 0.227 e. The van der Waals surface area contributed by atoms with Gasteiger partial charge in [-0.1, -0.05) is 0 Å². The molecule has 13 heavy (non-hydrogen) atoms. The fourth-order valence-corrected chi connectivity index (χ4v) is 3.09. The molecule has 1 aliphatic heterocycles. The molecule has 2 spiro atoms. The third-order valence-corrected chi connectivity index (χ3v) is 3.85. The van der Waals surface area contributed by atoms with E-state index in [1.54, 1.807) is 0 Å². The molecule has 3 aliphatic rings. The van der Waals surface area contributed by atoms with Gasteiger partial charge in [0.05, 0.1) is 12.0 Å². The molecule has 0 unspecified atom stereocenters. The highest BCUT2D eigenvalue weighted by atomic mass is 16.2. The van der Waals surface area contributed by atoms with E-state index in [9.17, 15) is 9.59 Å². The van der Waals surface area contributed by atoms with Gasteiger partial charge in [0.15, 0.2) is 5.78 Å². The number of amides is 1. The van der Waals surface area contributed by atoms with Crippen LogP contribution < -0.4 is 5.32 Å². The van der Waals surface area contributed by atoms with Crippen LogP contribution in [0.1, 0.15) is 32.1 Å². The largest absolute Gasteiger partial charge is 0.349 e. The number of piperidine rings is 1. The highest BCUT2D eigenvalue weighted by Crippen LogP contribution is 2.70. The van der Waals surface area contributed by atoms with Gasteiger partial charge in [-0.2, -0.15) is 0 Å². The molecular formula is C10H13NO2. The van der Waals surface area contributed by atoms with Crippen molar-refractivity contribution in [3.05, 3.63) is 0 Å². The molecule has 70 valence electrons. The lowest BCUT2D eigenvalue weighted by Crippen LogP contribution is -2.56. The number of carbonyl (C=O) groups is 2. The molecule has 0 radical (unpaired) electrons. The number of nitrogens with one attached hydrogen (secondary N) is 1. The summed E-state index contributed by atoms with van der Waals surface area (Å²) in [4.78, 5) is 22.8. The van der Waals surface area contributed by atoms with Crippen molar-refractivity contribution in [3.63, 3.8) is 0 Å². The number of rotatable bonds is 0. The quantitative estimate of drug-likeness (QED) is 0.593. The first kappa shape index (κ1) is 7.54. The predicted octanol–water partition coefficient (Wildman–Crippen LogP) is 0.636. The summed E-state index contributed by atoms with van der Waals surface area (Å²) in [6, 6.07) is 0. The number of Topliss-reactive ketones (excluding diaryl/α,β-unsaturated/α-hetero) is 1. The molecule has 0 aromatic rings. The summed E-state index contributed by atoms with van der Waals surface area (Å²) in [5.41, 5.74) is 0.223. The SMILES string of the molecule is O=C1CNC(=O)C2(C1)CC1(CC1)C2. The van der Waals surface area contributed by atoms with E-state index in [1.807, 2.05) is 0 Å². The van der Waals surface area contributed by atoms with E-state index in [1.165, 1.54) is 12.8 Å². The Morgan fingerprint density at radius 2 is 1.85 bits per heavy atom. The van der Waals surface area contributed by atoms with E-state index in [-0.39, 0.29) is 23.7 Å². The van der Waals surface area contributed by atoms with Crippen molar-refractivity contribution in [2.75, 3.05) is 6.54 Å². The van der Waals surface area contributed by atoms with E-state index in [2.05, 4.69) is 5.32 Å². The van der Waals surface area contributed by atoms with Crippen molar-refractivity contribution >= 4 is 11.7 Å². The predicted molar refractivity (Wildman–Crippen MR) is 46.0 cm³/mol. The average Bonchev–Trinajstić information content (AvgIpc) is 2.76. The molecule has 1 saturated heterocycles. The number of hydrogen-bond acceptors (Lipinski definition) is 2. The van der Waals surface area contributed by atoms with Crippen molar-refractivity contribution < 1.29 is 9.59 Å².